The Labute approximate surface area is 97.9 Å². The van der Waals surface area contributed by atoms with Gasteiger partial charge in [-0.1, -0.05) is 0 Å². The molecule has 1 spiro atoms. The van der Waals surface area contributed by atoms with Crippen molar-refractivity contribution in [1.82, 2.24) is 5.32 Å². The Morgan fingerprint density at radius 1 is 1.31 bits per heavy atom. The van der Waals surface area contributed by atoms with Crippen molar-refractivity contribution < 1.29 is 9.53 Å². The number of hydrogen-bond acceptors (Lipinski definition) is 3. The molecule has 1 atom stereocenters. The number of carbonyl (C=O) groups excluding carboxylic acids is 1. The number of rotatable bonds is 1. The molecule has 3 heteroatoms. The fourth-order valence-electron chi connectivity index (χ4n) is 3.03. The second kappa shape index (κ2) is 3.73. The van der Waals surface area contributed by atoms with Crippen molar-refractivity contribution in [3.8, 4) is 0 Å². The second-order valence-electron chi connectivity index (χ2n) is 6.62. The Balaban J connectivity index is 1.82. The minimum atomic E-state index is -0.346. The molecule has 0 radical (unpaired) electrons. The van der Waals surface area contributed by atoms with Crippen LogP contribution in [0.1, 0.15) is 47.0 Å². The van der Waals surface area contributed by atoms with Crippen LogP contribution >= 0.6 is 0 Å². The van der Waals surface area contributed by atoms with Crippen LogP contribution in [-0.4, -0.2) is 24.2 Å². The average Bonchev–Trinajstić information content (AvgIpc) is 2.41. The summed E-state index contributed by atoms with van der Waals surface area (Å²) in [6.07, 6.45) is 3.24. The third-order valence-electron chi connectivity index (χ3n) is 3.66. The molecular weight excluding hydrogens is 202 g/mol. The zero-order chi connectivity index (χ0) is 12.0. The lowest BCUT2D eigenvalue weighted by molar-refractivity contribution is -0.168. The van der Waals surface area contributed by atoms with Crippen LogP contribution < -0.4 is 5.32 Å². The molecule has 92 valence electrons. The molecule has 1 saturated carbocycles. The molecule has 0 amide bonds. The summed E-state index contributed by atoms with van der Waals surface area (Å²) in [5, 5.41) is 3.47. The van der Waals surface area contributed by atoms with Gasteiger partial charge in [-0.2, -0.15) is 0 Å². The van der Waals surface area contributed by atoms with E-state index < -0.39 is 0 Å². The highest BCUT2D eigenvalue weighted by molar-refractivity contribution is 5.74. The number of carbonyl (C=O) groups is 1. The predicted octanol–water partition coefficient (Wildman–Crippen LogP) is 2.11. The lowest BCUT2D eigenvalue weighted by atomic mass is 9.61. The van der Waals surface area contributed by atoms with Crippen molar-refractivity contribution in [1.29, 1.82) is 0 Å². The van der Waals surface area contributed by atoms with Gasteiger partial charge < -0.3 is 10.1 Å². The van der Waals surface area contributed by atoms with Crippen molar-refractivity contribution in [3.63, 3.8) is 0 Å². The molecule has 0 aromatic heterocycles. The molecule has 1 heterocycles. The Bertz CT molecular complexity index is 287. The summed E-state index contributed by atoms with van der Waals surface area (Å²) < 4.78 is 5.41. The lowest BCUT2D eigenvalue weighted by Gasteiger charge is -2.44. The Morgan fingerprint density at radius 2 is 1.94 bits per heavy atom. The summed E-state index contributed by atoms with van der Waals surface area (Å²) in [7, 11) is 0. The first-order valence-electron chi connectivity index (χ1n) is 6.26. The molecule has 2 fully saturated rings. The topological polar surface area (TPSA) is 38.3 Å². The van der Waals surface area contributed by atoms with Crippen LogP contribution in [-0.2, 0) is 9.53 Å². The maximum absolute atomic E-state index is 11.8. The van der Waals surface area contributed by atoms with Gasteiger partial charge in [0.1, 0.15) is 5.60 Å². The molecule has 3 nitrogen and oxygen atoms in total. The van der Waals surface area contributed by atoms with Crippen LogP contribution in [0.15, 0.2) is 0 Å². The smallest absolute Gasteiger partial charge is 0.309 e. The van der Waals surface area contributed by atoms with E-state index in [1.165, 1.54) is 6.42 Å². The Morgan fingerprint density at radius 3 is 2.38 bits per heavy atom. The van der Waals surface area contributed by atoms with Gasteiger partial charge in [-0.15, -0.1) is 0 Å². The Hall–Kier alpha value is -0.570. The van der Waals surface area contributed by atoms with Crippen LogP contribution in [0.25, 0.3) is 0 Å². The van der Waals surface area contributed by atoms with E-state index in [2.05, 4.69) is 12.2 Å². The van der Waals surface area contributed by atoms with Gasteiger partial charge in [0.2, 0.25) is 0 Å². The van der Waals surface area contributed by atoms with Gasteiger partial charge in [-0.05, 0) is 52.4 Å². The number of ether oxygens (including phenoxy) is 1. The van der Waals surface area contributed by atoms with Gasteiger partial charge in [0.15, 0.2) is 0 Å². The van der Waals surface area contributed by atoms with E-state index in [0.717, 1.165) is 19.4 Å². The number of esters is 1. The minimum Gasteiger partial charge on any atom is -0.460 e. The molecule has 0 bridgehead atoms. The SMILES string of the molecule is CC1CC2(CN1)CC(C(=O)OC(C)(C)C)C2. The van der Waals surface area contributed by atoms with E-state index in [4.69, 9.17) is 4.74 Å². The van der Waals surface area contributed by atoms with Gasteiger partial charge in [-0.3, -0.25) is 4.79 Å². The standard InChI is InChI=1S/C13H23NO2/c1-9-5-13(8-14-9)6-10(7-13)11(15)16-12(2,3)4/h9-10,14H,5-8H2,1-4H3. The molecular formula is C13H23NO2. The van der Waals surface area contributed by atoms with E-state index in [1.54, 1.807) is 0 Å². The van der Waals surface area contributed by atoms with Crippen LogP contribution in [0.3, 0.4) is 0 Å². The summed E-state index contributed by atoms with van der Waals surface area (Å²) in [5.74, 6) is 0.143. The van der Waals surface area contributed by atoms with Gasteiger partial charge in [0.25, 0.3) is 0 Å². The molecule has 0 aromatic rings. The zero-order valence-corrected chi connectivity index (χ0v) is 10.8. The van der Waals surface area contributed by atoms with Gasteiger partial charge in [-0.25, -0.2) is 0 Å². The van der Waals surface area contributed by atoms with E-state index in [-0.39, 0.29) is 17.5 Å². The molecule has 1 unspecified atom stereocenters. The molecule has 2 aliphatic rings. The molecule has 1 saturated heterocycles. The van der Waals surface area contributed by atoms with Crippen molar-refractivity contribution in [2.75, 3.05) is 6.54 Å². The van der Waals surface area contributed by atoms with E-state index in [9.17, 15) is 4.79 Å². The fourth-order valence-corrected chi connectivity index (χ4v) is 3.03. The van der Waals surface area contributed by atoms with Crippen LogP contribution in [0.5, 0.6) is 0 Å². The normalized spacial score (nSPS) is 38.5. The Kier molecular flexibility index (Phi) is 2.77. The average molecular weight is 225 g/mol. The number of hydrogen-bond donors (Lipinski definition) is 1. The van der Waals surface area contributed by atoms with Gasteiger partial charge >= 0.3 is 5.97 Å². The minimum absolute atomic E-state index is 0.00215. The summed E-state index contributed by atoms with van der Waals surface area (Å²) in [6.45, 7) is 9.08. The van der Waals surface area contributed by atoms with Crippen LogP contribution in [0.4, 0.5) is 0 Å². The van der Waals surface area contributed by atoms with Crippen molar-refractivity contribution in [3.05, 3.63) is 0 Å². The second-order valence-corrected chi connectivity index (χ2v) is 6.62. The third-order valence-corrected chi connectivity index (χ3v) is 3.66. The van der Waals surface area contributed by atoms with Gasteiger partial charge in [0.05, 0.1) is 5.92 Å². The summed E-state index contributed by atoms with van der Waals surface area (Å²) >= 11 is 0. The van der Waals surface area contributed by atoms with Crippen molar-refractivity contribution in [2.24, 2.45) is 11.3 Å². The summed E-state index contributed by atoms with van der Waals surface area (Å²) in [5.41, 5.74) is 0.0576. The largest absolute Gasteiger partial charge is 0.460 e. The molecule has 0 aromatic carbocycles. The highest BCUT2D eigenvalue weighted by Gasteiger charge is 2.51. The lowest BCUT2D eigenvalue weighted by Crippen LogP contribution is -2.44. The fraction of sp³-hybridized carbons (Fsp3) is 0.923. The third kappa shape index (κ3) is 2.40. The molecule has 1 N–H and O–H groups in total. The quantitative estimate of drug-likeness (QED) is 0.695. The summed E-state index contributed by atoms with van der Waals surface area (Å²) in [4.78, 5) is 11.8. The first-order valence-corrected chi connectivity index (χ1v) is 6.26. The molecule has 16 heavy (non-hydrogen) atoms. The van der Waals surface area contributed by atoms with Crippen LogP contribution in [0.2, 0.25) is 0 Å². The first kappa shape index (κ1) is 11.9. The maximum atomic E-state index is 11.8. The molecule has 1 aliphatic heterocycles. The number of nitrogens with one attached hydrogen (secondary N) is 1. The highest BCUT2D eigenvalue weighted by atomic mass is 16.6. The van der Waals surface area contributed by atoms with Crippen LogP contribution in [0, 0.1) is 11.3 Å². The van der Waals surface area contributed by atoms with E-state index in [0.29, 0.717) is 11.5 Å². The van der Waals surface area contributed by atoms with Crippen molar-refractivity contribution in [2.45, 2.75) is 58.6 Å². The monoisotopic (exact) mass is 225 g/mol. The van der Waals surface area contributed by atoms with Gasteiger partial charge in [0, 0.05) is 12.6 Å². The molecule has 1 aliphatic carbocycles. The zero-order valence-electron chi connectivity index (χ0n) is 10.8. The highest BCUT2D eigenvalue weighted by Crippen LogP contribution is 2.51. The molecule has 2 rings (SSSR count). The van der Waals surface area contributed by atoms with E-state index in [1.807, 2.05) is 20.8 Å². The first-order chi connectivity index (χ1) is 7.30. The maximum Gasteiger partial charge on any atom is 0.309 e. The predicted molar refractivity (Wildman–Crippen MR) is 63.1 cm³/mol. The van der Waals surface area contributed by atoms with E-state index >= 15 is 0 Å². The summed E-state index contributed by atoms with van der Waals surface area (Å²) in [6, 6.07) is 0.611. The van der Waals surface area contributed by atoms with Crippen molar-refractivity contribution >= 4 is 5.97 Å².